The van der Waals surface area contributed by atoms with Crippen molar-refractivity contribution in [3.63, 3.8) is 0 Å². The molecule has 0 aromatic heterocycles. The van der Waals surface area contributed by atoms with E-state index in [9.17, 15) is 18.0 Å². The van der Waals surface area contributed by atoms with E-state index >= 15 is 0 Å². The lowest BCUT2D eigenvalue weighted by Gasteiger charge is -2.34. The zero-order chi connectivity index (χ0) is 33.3. The van der Waals surface area contributed by atoms with Gasteiger partial charge in [0, 0.05) is 24.0 Å². The molecule has 1 N–H and O–H groups in total. The molecule has 2 atom stereocenters. The Morgan fingerprint density at radius 3 is 1.98 bits per heavy atom. The monoisotopic (exact) mass is 659 g/mol. The van der Waals surface area contributed by atoms with Crippen LogP contribution in [0.25, 0.3) is 0 Å². The SMILES string of the molecule is CC[C@@H](C)NC(=O)[C@@H](Cc1ccccc1)N(Cc1ccccc1Cl)C(=O)CN(c1ccc(C(C)C)cc1)S(=O)(=O)c1ccccc1. The van der Waals surface area contributed by atoms with Crippen LogP contribution in [0, 0.1) is 0 Å². The normalized spacial score (nSPS) is 12.7. The average molecular weight is 660 g/mol. The van der Waals surface area contributed by atoms with E-state index in [4.69, 9.17) is 11.6 Å². The fraction of sp³-hybridized carbons (Fsp3) is 0.297. The second-order valence-electron chi connectivity index (χ2n) is 11.7. The number of rotatable bonds is 14. The lowest BCUT2D eigenvalue weighted by molar-refractivity contribution is -0.140. The van der Waals surface area contributed by atoms with Crippen molar-refractivity contribution in [1.82, 2.24) is 10.2 Å². The molecule has 0 saturated carbocycles. The molecule has 0 heterocycles. The van der Waals surface area contributed by atoms with Crippen LogP contribution in [0.15, 0.2) is 114 Å². The van der Waals surface area contributed by atoms with Gasteiger partial charge in [-0.15, -0.1) is 0 Å². The van der Waals surface area contributed by atoms with Crippen LogP contribution < -0.4 is 9.62 Å². The fourth-order valence-corrected chi connectivity index (χ4v) is 6.71. The number of amides is 2. The smallest absolute Gasteiger partial charge is 0.264 e. The van der Waals surface area contributed by atoms with E-state index in [1.54, 1.807) is 48.5 Å². The number of nitrogens with zero attached hydrogens (tertiary/aromatic N) is 2. The molecule has 4 aromatic rings. The van der Waals surface area contributed by atoms with Crippen molar-refractivity contribution in [3.05, 3.63) is 131 Å². The van der Waals surface area contributed by atoms with Crippen LogP contribution in [0.5, 0.6) is 0 Å². The van der Waals surface area contributed by atoms with Gasteiger partial charge in [0.05, 0.1) is 10.6 Å². The minimum absolute atomic E-state index is 0.00937. The summed E-state index contributed by atoms with van der Waals surface area (Å²) in [6, 6.07) is 30.8. The van der Waals surface area contributed by atoms with Gasteiger partial charge in [0.2, 0.25) is 11.8 Å². The van der Waals surface area contributed by atoms with Gasteiger partial charge < -0.3 is 10.2 Å². The molecule has 0 bridgehead atoms. The predicted octanol–water partition coefficient (Wildman–Crippen LogP) is 7.21. The number of benzene rings is 4. The summed E-state index contributed by atoms with van der Waals surface area (Å²) >= 11 is 6.57. The highest BCUT2D eigenvalue weighted by Gasteiger charge is 2.35. The maximum Gasteiger partial charge on any atom is 0.264 e. The molecular weight excluding hydrogens is 618 g/mol. The number of hydrogen-bond donors (Lipinski definition) is 1. The second kappa shape index (κ2) is 15.9. The van der Waals surface area contributed by atoms with Crippen LogP contribution in [-0.2, 0) is 32.6 Å². The predicted molar refractivity (Wildman–Crippen MR) is 185 cm³/mol. The van der Waals surface area contributed by atoms with Crippen molar-refractivity contribution in [2.45, 2.75) is 70.0 Å². The first-order chi connectivity index (χ1) is 22.0. The summed E-state index contributed by atoms with van der Waals surface area (Å²) in [6.45, 7) is 7.48. The Labute approximate surface area is 278 Å². The summed E-state index contributed by atoms with van der Waals surface area (Å²) in [5.41, 5.74) is 2.90. The topological polar surface area (TPSA) is 86.8 Å². The minimum atomic E-state index is -4.17. The summed E-state index contributed by atoms with van der Waals surface area (Å²) < 4.78 is 29.4. The fourth-order valence-electron chi connectivity index (χ4n) is 5.08. The number of nitrogens with one attached hydrogen (secondary N) is 1. The first kappa shape index (κ1) is 34.7. The van der Waals surface area contributed by atoms with Crippen LogP contribution in [-0.4, -0.2) is 43.8 Å². The van der Waals surface area contributed by atoms with E-state index in [2.05, 4.69) is 19.2 Å². The first-order valence-corrected chi connectivity index (χ1v) is 17.4. The van der Waals surface area contributed by atoms with Crippen molar-refractivity contribution in [2.24, 2.45) is 0 Å². The largest absolute Gasteiger partial charge is 0.352 e. The van der Waals surface area contributed by atoms with Crippen LogP contribution in [0.4, 0.5) is 5.69 Å². The molecule has 0 aliphatic heterocycles. The van der Waals surface area contributed by atoms with Gasteiger partial charge in [0.25, 0.3) is 10.0 Å². The minimum Gasteiger partial charge on any atom is -0.352 e. The summed E-state index contributed by atoms with van der Waals surface area (Å²) in [5, 5.41) is 3.49. The Bertz CT molecular complexity index is 1700. The Morgan fingerprint density at radius 2 is 1.39 bits per heavy atom. The zero-order valence-electron chi connectivity index (χ0n) is 26.8. The van der Waals surface area contributed by atoms with Crippen molar-refractivity contribution in [2.75, 3.05) is 10.8 Å². The molecule has 4 rings (SSSR count). The number of carbonyl (C=O) groups excluding carboxylic acids is 2. The molecule has 0 unspecified atom stereocenters. The van der Waals surface area contributed by atoms with Gasteiger partial charge in [-0.1, -0.05) is 111 Å². The van der Waals surface area contributed by atoms with Gasteiger partial charge in [0.1, 0.15) is 12.6 Å². The van der Waals surface area contributed by atoms with Gasteiger partial charge in [-0.25, -0.2) is 8.42 Å². The highest BCUT2D eigenvalue weighted by Crippen LogP contribution is 2.27. The Balaban J connectivity index is 1.82. The highest BCUT2D eigenvalue weighted by atomic mass is 35.5. The summed E-state index contributed by atoms with van der Waals surface area (Å²) in [5.74, 6) is -0.617. The van der Waals surface area contributed by atoms with Crippen molar-refractivity contribution < 1.29 is 18.0 Å². The molecule has 4 aromatic carbocycles. The van der Waals surface area contributed by atoms with Gasteiger partial charge in [-0.2, -0.15) is 0 Å². The Kier molecular flexibility index (Phi) is 12.0. The van der Waals surface area contributed by atoms with Gasteiger partial charge in [0.15, 0.2) is 0 Å². The molecule has 2 amide bonds. The van der Waals surface area contributed by atoms with E-state index in [1.807, 2.05) is 62.4 Å². The van der Waals surface area contributed by atoms with Crippen molar-refractivity contribution in [1.29, 1.82) is 0 Å². The molecule has 0 saturated heterocycles. The third-order valence-electron chi connectivity index (χ3n) is 8.03. The molecule has 9 heteroatoms. The second-order valence-corrected chi connectivity index (χ2v) is 14.0. The Morgan fingerprint density at radius 1 is 0.804 bits per heavy atom. The van der Waals surface area contributed by atoms with E-state index in [0.717, 1.165) is 15.4 Å². The van der Waals surface area contributed by atoms with Crippen molar-refractivity contribution in [3.8, 4) is 0 Å². The van der Waals surface area contributed by atoms with E-state index in [-0.39, 0.29) is 35.7 Å². The van der Waals surface area contributed by atoms with Gasteiger partial charge in [-0.05, 0) is 66.3 Å². The lowest BCUT2D eigenvalue weighted by Crippen LogP contribution is -2.54. The number of carbonyl (C=O) groups is 2. The Hall–Kier alpha value is -4.14. The van der Waals surface area contributed by atoms with E-state index < -0.39 is 28.5 Å². The molecule has 0 aliphatic carbocycles. The maximum absolute atomic E-state index is 14.6. The quantitative estimate of drug-likeness (QED) is 0.155. The van der Waals surface area contributed by atoms with Gasteiger partial charge >= 0.3 is 0 Å². The number of hydrogen-bond acceptors (Lipinski definition) is 4. The molecule has 0 fully saturated rings. The third-order valence-corrected chi connectivity index (χ3v) is 10.2. The molecule has 0 radical (unpaired) electrons. The molecule has 0 aliphatic rings. The number of anilines is 1. The van der Waals surface area contributed by atoms with Crippen LogP contribution in [0.3, 0.4) is 0 Å². The molecule has 7 nitrogen and oxygen atoms in total. The average Bonchev–Trinajstić information content (AvgIpc) is 3.06. The number of halogens is 1. The van der Waals surface area contributed by atoms with Gasteiger partial charge in [-0.3, -0.25) is 13.9 Å². The lowest BCUT2D eigenvalue weighted by atomic mass is 10.0. The standard InChI is InChI=1S/C37H42ClN3O4S/c1-5-28(4)39-37(43)35(24-29-14-8-6-9-15-29)40(25-31-16-12-13-19-34(31)38)36(42)26-41(32-22-20-30(21-23-32)27(2)3)46(44,45)33-17-10-7-11-18-33/h6-23,27-28,35H,5,24-26H2,1-4H3,(H,39,43)/t28-,35-/m1/s1. The number of sulfonamides is 1. The van der Waals surface area contributed by atoms with Crippen LogP contribution in [0.1, 0.15) is 56.7 Å². The highest BCUT2D eigenvalue weighted by molar-refractivity contribution is 7.92. The molecular formula is C37H42ClN3O4S. The molecule has 46 heavy (non-hydrogen) atoms. The van der Waals surface area contributed by atoms with Crippen LogP contribution in [0.2, 0.25) is 5.02 Å². The summed E-state index contributed by atoms with van der Waals surface area (Å²) in [6.07, 6.45) is 0.936. The third kappa shape index (κ3) is 8.77. The zero-order valence-corrected chi connectivity index (χ0v) is 28.3. The molecule has 0 spiro atoms. The molecule has 242 valence electrons. The summed E-state index contributed by atoms with van der Waals surface area (Å²) in [7, 11) is -4.17. The van der Waals surface area contributed by atoms with E-state index in [0.29, 0.717) is 22.7 Å². The first-order valence-electron chi connectivity index (χ1n) is 15.6. The van der Waals surface area contributed by atoms with E-state index in [1.165, 1.54) is 17.0 Å². The van der Waals surface area contributed by atoms with Crippen LogP contribution >= 0.6 is 11.6 Å². The summed E-state index contributed by atoms with van der Waals surface area (Å²) in [4.78, 5) is 30.0. The van der Waals surface area contributed by atoms with Crippen molar-refractivity contribution >= 4 is 39.1 Å². The maximum atomic E-state index is 14.6.